The maximum atomic E-state index is 11.6. The Balaban J connectivity index is 2.55. The molecule has 1 saturated heterocycles. The van der Waals surface area contributed by atoms with Gasteiger partial charge >= 0.3 is 0 Å². The number of thioether (sulfide) groups is 1. The van der Waals surface area contributed by atoms with E-state index in [-0.39, 0.29) is 6.04 Å². The zero-order chi connectivity index (χ0) is 14.5. The summed E-state index contributed by atoms with van der Waals surface area (Å²) in [6, 6.07) is 0.261. The van der Waals surface area contributed by atoms with Crippen molar-refractivity contribution in [2.75, 3.05) is 31.4 Å². The third-order valence-electron chi connectivity index (χ3n) is 3.87. The Bertz CT molecular complexity index is 362. The number of nitrogens with two attached hydrogens (primary N) is 1. The molecule has 1 aliphatic rings. The molecular weight excluding hydrogens is 282 g/mol. The van der Waals surface area contributed by atoms with Gasteiger partial charge in [-0.1, -0.05) is 6.92 Å². The molecule has 0 aromatic rings. The van der Waals surface area contributed by atoms with Gasteiger partial charge in [0.15, 0.2) is 0 Å². The first kappa shape index (κ1) is 17.2. The molecule has 3 N–H and O–H groups in total. The molecule has 7 heteroatoms. The van der Waals surface area contributed by atoms with Crippen molar-refractivity contribution in [3.05, 3.63) is 0 Å². The molecule has 1 fully saturated rings. The number of rotatable bonds is 7. The van der Waals surface area contributed by atoms with E-state index in [2.05, 4.69) is 18.6 Å². The second-order valence-corrected chi connectivity index (χ2v) is 8.46. The SMILES string of the molecule is CSCC(C)C(CC1CCCN(S(C)(=O)=O)C1)NN. The number of nitrogens with one attached hydrogen (secondary N) is 1. The zero-order valence-corrected chi connectivity index (χ0v) is 13.8. The molecular formula is C12H27N3O2S2. The van der Waals surface area contributed by atoms with Crippen molar-refractivity contribution >= 4 is 21.8 Å². The van der Waals surface area contributed by atoms with Crippen LogP contribution in [0.4, 0.5) is 0 Å². The number of piperidine rings is 1. The van der Waals surface area contributed by atoms with Crippen molar-refractivity contribution in [1.82, 2.24) is 9.73 Å². The summed E-state index contributed by atoms with van der Waals surface area (Å²) in [6.07, 6.45) is 6.38. The van der Waals surface area contributed by atoms with Crippen LogP contribution in [-0.2, 0) is 10.0 Å². The van der Waals surface area contributed by atoms with Gasteiger partial charge in [-0.3, -0.25) is 11.3 Å². The highest BCUT2D eigenvalue weighted by Crippen LogP contribution is 2.25. The molecule has 0 aromatic heterocycles. The van der Waals surface area contributed by atoms with Crippen molar-refractivity contribution < 1.29 is 8.42 Å². The Kier molecular flexibility index (Phi) is 7.10. The van der Waals surface area contributed by atoms with Gasteiger partial charge in [0.2, 0.25) is 10.0 Å². The minimum Gasteiger partial charge on any atom is -0.271 e. The molecule has 114 valence electrons. The molecule has 0 bridgehead atoms. The lowest BCUT2D eigenvalue weighted by molar-refractivity contribution is 0.223. The average Bonchev–Trinajstić information content (AvgIpc) is 2.35. The summed E-state index contributed by atoms with van der Waals surface area (Å²) in [4.78, 5) is 0. The fourth-order valence-electron chi connectivity index (χ4n) is 2.72. The van der Waals surface area contributed by atoms with Crippen molar-refractivity contribution in [3.63, 3.8) is 0 Å². The van der Waals surface area contributed by atoms with Gasteiger partial charge in [0, 0.05) is 19.1 Å². The number of sulfonamides is 1. The first-order chi connectivity index (χ1) is 8.88. The van der Waals surface area contributed by atoms with Crippen molar-refractivity contribution in [2.24, 2.45) is 17.7 Å². The summed E-state index contributed by atoms with van der Waals surface area (Å²) < 4.78 is 24.8. The van der Waals surface area contributed by atoms with Gasteiger partial charge in [-0.25, -0.2) is 12.7 Å². The van der Waals surface area contributed by atoms with Crippen LogP contribution in [0.15, 0.2) is 0 Å². The fraction of sp³-hybridized carbons (Fsp3) is 1.00. The van der Waals surface area contributed by atoms with Crippen LogP contribution in [0.1, 0.15) is 26.2 Å². The predicted molar refractivity (Wildman–Crippen MR) is 82.4 cm³/mol. The Hall–Kier alpha value is 0.180. The second kappa shape index (κ2) is 7.83. The molecule has 1 heterocycles. The fourth-order valence-corrected chi connectivity index (χ4v) is 4.42. The van der Waals surface area contributed by atoms with E-state index >= 15 is 0 Å². The van der Waals surface area contributed by atoms with E-state index < -0.39 is 10.0 Å². The summed E-state index contributed by atoms with van der Waals surface area (Å²) in [5.74, 6) is 7.62. The highest BCUT2D eigenvalue weighted by Gasteiger charge is 2.28. The average molecular weight is 310 g/mol. The normalized spacial score (nSPS) is 25.2. The molecule has 0 amide bonds. The predicted octanol–water partition coefficient (Wildman–Crippen LogP) is 0.879. The van der Waals surface area contributed by atoms with Crippen LogP contribution >= 0.6 is 11.8 Å². The third-order valence-corrected chi connectivity index (χ3v) is 6.00. The highest BCUT2D eigenvalue weighted by molar-refractivity contribution is 7.98. The highest BCUT2D eigenvalue weighted by atomic mass is 32.2. The number of hydrogen-bond donors (Lipinski definition) is 2. The summed E-state index contributed by atoms with van der Waals surface area (Å²) in [5.41, 5.74) is 2.91. The molecule has 5 nitrogen and oxygen atoms in total. The minimum absolute atomic E-state index is 0.261. The summed E-state index contributed by atoms with van der Waals surface area (Å²) >= 11 is 1.82. The molecule has 0 saturated carbocycles. The van der Waals surface area contributed by atoms with E-state index in [4.69, 9.17) is 5.84 Å². The van der Waals surface area contributed by atoms with Gasteiger partial charge < -0.3 is 0 Å². The number of hydrazine groups is 1. The maximum absolute atomic E-state index is 11.6. The lowest BCUT2D eigenvalue weighted by Crippen LogP contribution is -2.45. The van der Waals surface area contributed by atoms with Crippen molar-refractivity contribution in [3.8, 4) is 0 Å². The molecule has 3 atom stereocenters. The third kappa shape index (κ3) is 5.59. The van der Waals surface area contributed by atoms with E-state index in [0.717, 1.165) is 25.0 Å². The molecule has 1 aliphatic heterocycles. The monoisotopic (exact) mass is 309 g/mol. The van der Waals surface area contributed by atoms with Crippen LogP contribution in [0.2, 0.25) is 0 Å². The standard InChI is InChI=1S/C12H27N3O2S2/c1-10(9-18-2)12(14-13)7-11-5-4-6-15(8-11)19(3,16)17/h10-12,14H,4-9,13H2,1-3H3. The van der Waals surface area contributed by atoms with Crippen LogP contribution in [0.5, 0.6) is 0 Å². The van der Waals surface area contributed by atoms with E-state index in [1.807, 2.05) is 11.8 Å². The molecule has 0 spiro atoms. The van der Waals surface area contributed by atoms with Crippen molar-refractivity contribution in [2.45, 2.75) is 32.2 Å². The summed E-state index contributed by atoms with van der Waals surface area (Å²) in [5, 5.41) is 0. The molecule has 0 radical (unpaired) electrons. The van der Waals surface area contributed by atoms with Crippen LogP contribution in [0, 0.1) is 11.8 Å². The molecule has 1 rings (SSSR count). The summed E-state index contributed by atoms with van der Waals surface area (Å²) in [7, 11) is -3.05. The quantitative estimate of drug-likeness (QED) is 0.539. The topological polar surface area (TPSA) is 75.4 Å². The minimum atomic E-state index is -3.05. The van der Waals surface area contributed by atoms with Crippen LogP contribution in [0.3, 0.4) is 0 Å². The van der Waals surface area contributed by atoms with E-state index in [1.165, 1.54) is 6.26 Å². The molecule has 3 unspecified atom stereocenters. The molecule has 19 heavy (non-hydrogen) atoms. The first-order valence-electron chi connectivity index (χ1n) is 6.78. The van der Waals surface area contributed by atoms with Crippen molar-refractivity contribution in [1.29, 1.82) is 0 Å². The van der Waals surface area contributed by atoms with Gasteiger partial charge in [-0.05, 0) is 43.1 Å². The van der Waals surface area contributed by atoms with Gasteiger partial charge in [0.05, 0.1) is 6.26 Å². The number of nitrogens with zero attached hydrogens (tertiary/aromatic N) is 1. The van der Waals surface area contributed by atoms with Crippen LogP contribution in [-0.4, -0.2) is 50.1 Å². The van der Waals surface area contributed by atoms with E-state index in [0.29, 0.717) is 24.9 Å². The second-order valence-electron chi connectivity index (χ2n) is 5.57. The van der Waals surface area contributed by atoms with Gasteiger partial charge in [0.25, 0.3) is 0 Å². The first-order valence-corrected chi connectivity index (χ1v) is 10.0. The Labute approximate surface area is 121 Å². The van der Waals surface area contributed by atoms with E-state index in [9.17, 15) is 8.42 Å². The maximum Gasteiger partial charge on any atom is 0.211 e. The summed E-state index contributed by atoms with van der Waals surface area (Å²) in [6.45, 7) is 3.50. The Morgan fingerprint density at radius 2 is 2.21 bits per heavy atom. The van der Waals surface area contributed by atoms with Gasteiger partial charge in [-0.15, -0.1) is 0 Å². The largest absolute Gasteiger partial charge is 0.271 e. The van der Waals surface area contributed by atoms with E-state index in [1.54, 1.807) is 4.31 Å². The zero-order valence-electron chi connectivity index (χ0n) is 12.1. The number of hydrogen-bond acceptors (Lipinski definition) is 5. The Morgan fingerprint density at radius 3 is 2.74 bits per heavy atom. The van der Waals surface area contributed by atoms with Gasteiger partial charge in [-0.2, -0.15) is 11.8 Å². The lowest BCUT2D eigenvalue weighted by atomic mass is 9.88. The van der Waals surface area contributed by atoms with Crippen LogP contribution < -0.4 is 11.3 Å². The van der Waals surface area contributed by atoms with Crippen LogP contribution in [0.25, 0.3) is 0 Å². The smallest absolute Gasteiger partial charge is 0.211 e. The Morgan fingerprint density at radius 1 is 1.53 bits per heavy atom. The molecule has 0 aromatic carbocycles. The molecule has 0 aliphatic carbocycles. The lowest BCUT2D eigenvalue weighted by Gasteiger charge is -2.34. The van der Waals surface area contributed by atoms with Gasteiger partial charge in [0.1, 0.15) is 0 Å².